The Morgan fingerprint density at radius 3 is 2.51 bits per heavy atom. The molecule has 202 valence electrons. The molecule has 1 amide bonds. The molecule has 3 atom stereocenters. The van der Waals surface area contributed by atoms with E-state index >= 15 is 4.39 Å². The molecule has 2 aliphatic heterocycles. The number of likely N-dealkylation sites (tertiary alicyclic amines) is 1. The minimum absolute atomic E-state index is 0.00254. The summed E-state index contributed by atoms with van der Waals surface area (Å²) in [6.45, 7) is -0.547. The lowest BCUT2D eigenvalue weighted by Gasteiger charge is -2.34. The van der Waals surface area contributed by atoms with Gasteiger partial charge in [-0.2, -0.15) is 17.6 Å². The summed E-state index contributed by atoms with van der Waals surface area (Å²) in [7, 11) is 0. The second kappa shape index (κ2) is 10.3. The van der Waals surface area contributed by atoms with Crippen molar-refractivity contribution in [2.45, 2.75) is 37.2 Å². The van der Waals surface area contributed by atoms with Crippen molar-refractivity contribution in [3.63, 3.8) is 0 Å². The fourth-order valence-electron chi connectivity index (χ4n) is 4.75. The number of piperidine rings is 1. The molecule has 2 aromatic rings. The van der Waals surface area contributed by atoms with Crippen molar-refractivity contribution >= 4 is 17.5 Å². The number of hydrogen-bond acceptors (Lipinski definition) is 6. The first-order valence-electron chi connectivity index (χ1n) is 11.5. The van der Waals surface area contributed by atoms with Crippen molar-refractivity contribution in [1.29, 1.82) is 0 Å². The second-order valence-electron chi connectivity index (χ2n) is 9.33. The predicted octanol–water partition coefficient (Wildman–Crippen LogP) is 3.78. The number of hydrogen-bond donors (Lipinski definition) is 2. The summed E-state index contributed by atoms with van der Waals surface area (Å²) in [5, 5.41) is 2.72. The molecule has 2 aliphatic rings. The Labute approximate surface area is 207 Å². The number of rotatable bonds is 7. The first kappa shape index (κ1) is 26.9. The Morgan fingerprint density at radius 2 is 1.89 bits per heavy atom. The Hall–Kier alpha value is -3.16. The normalized spacial score (nSPS) is 24.3. The van der Waals surface area contributed by atoms with E-state index in [-0.39, 0.29) is 31.0 Å². The number of nitrogens with one attached hydrogen (secondary N) is 1. The Balaban J connectivity index is 1.50. The number of alkyl halides is 6. The van der Waals surface area contributed by atoms with Gasteiger partial charge >= 0.3 is 6.18 Å². The summed E-state index contributed by atoms with van der Waals surface area (Å²) in [5.41, 5.74) is 4.36. The summed E-state index contributed by atoms with van der Waals surface area (Å²) in [4.78, 5) is 21.3. The highest BCUT2D eigenvalue weighted by molar-refractivity contribution is 5.75. The lowest BCUT2D eigenvalue weighted by molar-refractivity contribution is -0.137. The molecule has 0 saturated carbocycles. The lowest BCUT2D eigenvalue weighted by Crippen LogP contribution is -2.46. The van der Waals surface area contributed by atoms with Gasteiger partial charge in [-0.05, 0) is 30.7 Å². The number of primary amides is 1. The van der Waals surface area contributed by atoms with Crippen LogP contribution in [-0.4, -0.2) is 65.6 Å². The van der Waals surface area contributed by atoms with Crippen LogP contribution < -0.4 is 16.0 Å². The molecule has 37 heavy (non-hydrogen) atoms. The number of aromatic nitrogens is 2. The summed E-state index contributed by atoms with van der Waals surface area (Å²) in [6.07, 6.45) is -5.29. The highest BCUT2D eigenvalue weighted by Gasteiger charge is 2.47. The molecule has 2 unspecified atom stereocenters. The zero-order valence-corrected chi connectivity index (χ0v) is 19.5. The molecule has 2 saturated heterocycles. The van der Waals surface area contributed by atoms with Crippen molar-refractivity contribution in [2.75, 3.05) is 42.9 Å². The van der Waals surface area contributed by atoms with Crippen molar-refractivity contribution in [3.8, 4) is 0 Å². The maximum absolute atomic E-state index is 15.4. The topological polar surface area (TPSA) is 87.4 Å². The van der Waals surface area contributed by atoms with Crippen molar-refractivity contribution in [1.82, 2.24) is 14.9 Å². The molecule has 4 rings (SSSR count). The van der Waals surface area contributed by atoms with Crippen LogP contribution >= 0.6 is 0 Å². The van der Waals surface area contributed by atoms with Gasteiger partial charge in [-0.3, -0.25) is 9.69 Å². The van der Waals surface area contributed by atoms with Gasteiger partial charge in [0.1, 0.15) is 12.5 Å². The molecule has 3 heterocycles. The first-order chi connectivity index (χ1) is 17.3. The van der Waals surface area contributed by atoms with Gasteiger partial charge in [-0.1, -0.05) is 12.1 Å². The third-order valence-corrected chi connectivity index (χ3v) is 6.61. The van der Waals surface area contributed by atoms with Crippen LogP contribution in [0.5, 0.6) is 0 Å². The molecule has 14 heteroatoms. The van der Waals surface area contributed by atoms with Crippen molar-refractivity contribution in [2.24, 2.45) is 11.7 Å². The standard InChI is InChI=1S/C23H25F7N6O/c24-16-9-35(10-18(31)37)6-5-14(16)8-32-20-19(25)21(34-12-33-20)36-11-22(26,27)7-17(36)13-1-3-15(4-2-13)23(28,29)30/h1-4,12,14,16-17H,5-11H2,(H2,31,37)(H,32,33,34)/t14?,16?,17-/m1/s1. The average Bonchev–Trinajstić information content (AvgIpc) is 3.13. The molecule has 0 spiro atoms. The Bertz CT molecular complexity index is 1110. The van der Waals surface area contributed by atoms with Crippen molar-refractivity contribution in [3.05, 3.63) is 47.5 Å². The van der Waals surface area contributed by atoms with E-state index in [1.807, 2.05) is 0 Å². The fraction of sp³-hybridized carbons (Fsp3) is 0.522. The highest BCUT2D eigenvalue weighted by Crippen LogP contribution is 2.44. The van der Waals surface area contributed by atoms with Crippen molar-refractivity contribution < 1.29 is 35.5 Å². The molecule has 1 aromatic carbocycles. The van der Waals surface area contributed by atoms with Crippen LogP contribution in [0.2, 0.25) is 0 Å². The monoisotopic (exact) mass is 534 g/mol. The third kappa shape index (κ3) is 6.22. The number of nitrogens with zero attached hydrogens (tertiary/aromatic N) is 4. The van der Waals surface area contributed by atoms with Gasteiger partial charge in [0.05, 0.1) is 24.7 Å². The number of amides is 1. The average molecular weight is 534 g/mol. The summed E-state index contributed by atoms with van der Waals surface area (Å²) in [5.74, 6) is -6.09. The van der Waals surface area contributed by atoms with Gasteiger partial charge in [0, 0.05) is 25.4 Å². The van der Waals surface area contributed by atoms with E-state index in [1.165, 1.54) is 0 Å². The van der Waals surface area contributed by atoms with Crippen LogP contribution in [0.3, 0.4) is 0 Å². The van der Waals surface area contributed by atoms with Gasteiger partial charge in [-0.15, -0.1) is 0 Å². The van der Waals surface area contributed by atoms with Crippen LogP contribution in [0.4, 0.5) is 42.4 Å². The number of anilines is 2. The van der Waals surface area contributed by atoms with E-state index in [4.69, 9.17) is 5.73 Å². The van der Waals surface area contributed by atoms with E-state index < -0.39 is 66.3 Å². The second-order valence-corrected chi connectivity index (χ2v) is 9.33. The van der Waals surface area contributed by atoms with Crippen LogP contribution in [0.1, 0.15) is 30.0 Å². The van der Waals surface area contributed by atoms with Gasteiger partial charge in [-0.25, -0.2) is 23.1 Å². The van der Waals surface area contributed by atoms with Crippen LogP contribution in [-0.2, 0) is 11.0 Å². The molecular weight excluding hydrogens is 509 g/mol. The minimum Gasteiger partial charge on any atom is -0.369 e. The Kier molecular flexibility index (Phi) is 7.49. The quantitative estimate of drug-likeness (QED) is 0.526. The molecular formula is C23H25F7N6O. The molecule has 3 N–H and O–H groups in total. The first-order valence-corrected chi connectivity index (χ1v) is 11.5. The molecule has 1 aromatic heterocycles. The number of carbonyl (C=O) groups is 1. The SMILES string of the molecule is NC(=O)CN1CCC(CNc2ncnc(N3CC(F)(F)C[C@@H]3c3ccc(C(F)(F)F)cc3)c2F)C(F)C1. The van der Waals surface area contributed by atoms with Gasteiger partial charge in [0.2, 0.25) is 11.7 Å². The summed E-state index contributed by atoms with van der Waals surface area (Å²) in [6, 6.07) is 2.63. The van der Waals surface area contributed by atoms with Crippen LogP contribution in [0.15, 0.2) is 30.6 Å². The van der Waals surface area contributed by atoms with E-state index in [0.29, 0.717) is 13.0 Å². The minimum atomic E-state index is -4.59. The van der Waals surface area contributed by atoms with E-state index in [9.17, 15) is 31.1 Å². The number of carbonyl (C=O) groups excluding carboxylic acids is 1. The molecule has 0 radical (unpaired) electrons. The Morgan fingerprint density at radius 1 is 1.19 bits per heavy atom. The zero-order valence-electron chi connectivity index (χ0n) is 19.5. The highest BCUT2D eigenvalue weighted by atomic mass is 19.4. The van der Waals surface area contributed by atoms with Gasteiger partial charge in [0.15, 0.2) is 11.6 Å². The maximum atomic E-state index is 15.4. The number of nitrogens with two attached hydrogens (primary N) is 1. The molecule has 0 bridgehead atoms. The van der Waals surface area contributed by atoms with Gasteiger partial charge < -0.3 is 16.0 Å². The summed E-state index contributed by atoms with van der Waals surface area (Å²) < 4.78 is 97.4. The summed E-state index contributed by atoms with van der Waals surface area (Å²) >= 11 is 0. The van der Waals surface area contributed by atoms with E-state index in [2.05, 4.69) is 15.3 Å². The predicted molar refractivity (Wildman–Crippen MR) is 120 cm³/mol. The molecule has 7 nitrogen and oxygen atoms in total. The molecule has 0 aliphatic carbocycles. The van der Waals surface area contributed by atoms with Crippen LogP contribution in [0.25, 0.3) is 0 Å². The molecule has 2 fully saturated rings. The zero-order chi connectivity index (χ0) is 27.0. The van der Waals surface area contributed by atoms with Crippen LogP contribution in [0, 0.1) is 11.7 Å². The lowest BCUT2D eigenvalue weighted by atomic mass is 9.95. The smallest absolute Gasteiger partial charge is 0.369 e. The fourth-order valence-corrected chi connectivity index (χ4v) is 4.75. The van der Waals surface area contributed by atoms with E-state index in [0.717, 1.165) is 35.5 Å². The largest absolute Gasteiger partial charge is 0.416 e. The maximum Gasteiger partial charge on any atom is 0.416 e. The van der Waals surface area contributed by atoms with E-state index in [1.54, 1.807) is 4.90 Å². The number of benzene rings is 1. The van der Waals surface area contributed by atoms with Gasteiger partial charge in [0.25, 0.3) is 5.92 Å². The number of halogens is 7. The third-order valence-electron chi connectivity index (χ3n) is 6.61.